The zero-order chi connectivity index (χ0) is 18.4. The average Bonchev–Trinajstić information content (AvgIpc) is 2.97. The molecule has 4 bridgehead atoms. The van der Waals surface area contributed by atoms with Gasteiger partial charge in [-0.3, -0.25) is 9.48 Å². The number of nitrogens with zero attached hydrogens (tertiary/aromatic N) is 3. The third-order valence-corrected chi connectivity index (χ3v) is 6.05. The van der Waals surface area contributed by atoms with Crippen molar-refractivity contribution < 1.29 is 9.53 Å². The number of carbonyl (C=O) groups is 1. The van der Waals surface area contributed by atoms with Gasteiger partial charge in [-0.15, -0.1) is 0 Å². The number of carbonyl (C=O) groups excluding carboxylic acids is 1. The lowest BCUT2D eigenvalue weighted by atomic mass is 9.99. The van der Waals surface area contributed by atoms with Gasteiger partial charge in [0, 0.05) is 29.8 Å². The van der Waals surface area contributed by atoms with Gasteiger partial charge in [-0.2, -0.15) is 5.10 Å². The van der Waals surface area contributed by atoms with Gasteiger partial charge in [-0.05, 0) is 47.0 Å². The fraction of sp³-hybridized carbons (Fsp3) is 0.421. The van der Waals surface area contributed by atoms with Crippen molar-refractivity contribution in [3.8, 4) is 0 Å². The first-order valence-corrected chi connectivity index (χ1v) is 9.91. The van der Waals surface area contributed by atoms with Gasteiger partial charge in [-0.25, -0.2) is 4.98 Å². The van der Waals surface area contributed by atoms with Crippen molar-refractivity contribution in [3.05, 3.63) is 46.3 Å². The normalized spacial score (nSPS) is 30.9. The van der Waals surface area contributed by atoms with Crippen LogP contribution in [0, 0.1) is 5.41 Å². The Bertz CT molecular complexity index is 927. The molecule has 0 aromatic carbocycles. The Morgan fingerprint density at radius 2 is 2.22 bits per heavy atom. The third-order valence-electron chi connectivity index (χ3n) is 5.60. The van der Waals surface area contributed by atoms with Crippen LogP contribution in [-0.2, 0) is 22.7 Å². The second kappa shape index (κ2) is 6.54. The number of amides is 1. The second-order valence-electron chi connectivity index (χ2n) is 7.53. The van der Waals surface area contributed by atoms with E-state index in [2.05, 4.69) is 36.6 Å². The largest absolute Gasteiger partial charge is 0.373 e. The van der Waals surface area contributed by atoms with Gasteiger partial charge in [0.05, 0.1) is 24.9 Å². The minimum Gasteiger partial charge on any atom is -0.373 e. The van der Waals surface area contributed by atoms with E-state index in [0.717, 1.165) is 30.6 Å². The van der Waals surface area contributed by atoms with Gasteiger partial charge in [0.15, 0.2) is 0 Å². The lowest BCUT2D eigenvalue weighted by Gasteiger charge is -2.17. The molecule has 2 aliphatic heterocycles. The van der Waals surface area contributed by atoms with Crippen molar-refractivity contribution in [1.82, 2.24) is 20.1 Å². The molecular weight excluding hydrogens is 410 g/mol. The molecule has 27 heavy (non-hydrogen) atoms. The Morgan fingerprint density at radius 1 is 1.30 bits per heavy atom. The highest BCUT2D eigenvalue weighted by Gasteiger charge is 2.61. The Kier molecular flexibility index (Phi) is 4.14. The average molecular weight is 430 g/mol. The first-order chi connectivity index (χ1) is 13.1. The van der Waals surface area contributed by atoms with Crippen molar-refractivity contribution in [2.24, 2.45) is 5.41 Å². The summed E-state index contributed by atoms with van der Waals surface area (Å²) in [5.74, 6) is 0.512. The van der Waals surface area contributed by atoms with Crippen LogP contribution in [-0.4, -0.2) is 39.4 Å². The number of rotatable bonds is 0. The smallest absolute Gasteiger partial charge is 0.242 e. The molecule has 7 nitrogen and oxygen atoms in total. The summed E-state index contributed by atoms with van der Waals surface area (Å²) in [7, 11) is 0. The molecule has 140 valence electrons. The summed E-state index contributed by atoms with van der Waals surface area (Å²) in [6.45, 7) is 1.67. The predicted octanol–water partition coefficient (Wildman–Crippen LogP) is 2.34. The van der Waals surface area contributed by atoms with Crippen LogP contribution in [0.5, 0.6) is 0 Å². The van der Waals surface area contributed by atoms with Crippen LogP contribution in [0.25, 0.3) is 6.08 Å². The number of hydrogen-bond acceptors (Lipinski definition) is 5. The lowest BCUT2D eigenvalue weighted by molar-refractivity contribution is -0.118. The molecule has 3 atom stereocenters. The summed E-state index contributed by atoms with van der Waals surface area (Å²) in [6.07, 6.45) is 7.84. The van der Waals surface area contributed by atoms with Gasteiger partial charge < -0.3 is 15.4 Å². The lowest BCUT2D eigenvalue weighted by Crippen LogP contribution is -2.38. The van der Waals surface area contributed by atoms with E-state index in [4.69, 9.17) is 4.74 Å². The molecule has 1 spiro atoms. The SMILES string of the molecule is O=C1Nc2nc(Br)ccc2COC/C=C\c2ccn(n2)C[C@@]23C[C@@H]1N[C@@H]2C3. The maximum atomic E-state index is 12.8. The van der Waals surface area contributed by atoms with E-state index >= 15 is 0 Å². The molecule has 0 unspecified atom stereocenters. The predicted molar refractivity (Wildman–Crippen MR) is 104 cm³/mol. The quantitative estimate of drug-likeness (QED) is 0.628. The molecule has 1 aliphatic carbocycles. The van der Waals surface area contributed by atoms with Crippen LogP contribution >= 0.6 is 15.9 Å². The van der Waals surface area contributed by atoms with E-state index in [1.165, 1.54) is 0 Å². The number of ether oxygens (including phenoxy) is 1. The number of fused-ring (bicyclic) bond motifs is 4. The molecule has 2 aromatic rings. The molecule has 8 heteroatoms. The topological polar surface area (TPSA) is 81.1 Å². The molecule has 4 heterocycles. The van der Waals surface area contributed by atoms with E-state index in [1.807, 2.05) is 41.2 Å². The van der Waals surface area contributed by atoms with Gasteiger partial charge >= 0.3 is 0 Å². The Morgan fingerprint density at radius 3 is 3.15 bits per heavy atom. The molecule has 2 fully saturated rings. The minimum absolute atomic E-state index is 0.0402. The highest BCUT2D eigenvalue weighted by molar-refractivity contribution is 9.10. The van der Waals surface area contributed by atoms with Crippen LogP contribution in [0.4, 0.5) is 5.82 Å². The number of aromatic nitrogens is 3. The third kappa shape index (κ3) is 3.33. The number of pyridine rings is 1. The van der Waals surface area contributed by atoms with Crippen molar-refractivity contribution in [2.75, 3.05) is 11.9 Å². The van der Waals surface area contributed by atoms with E-state index in [0.29, 0.717) is 29.7 Å². The summed E-state index contributed by atoms with van der Waals surface area (Å²) in [6, 6.07) is 5.95. The molecule has 5 rings (SSSR count). The van der Waals surface area contributed by atoms with Crippen molar-refractivity contribution in [1.29, 1.82) is 0 Å². The van der Waals surface area contributed by atoms with E-state index in [1.54, 1.807) is 0 Å². The Labute approximate surface area is 165 Å². The molecule has 0 radical (unpaired) electrons. The van der Waals surface area contributed by atoms with Crippen LogP contribution in [0.15, 0.2) is 35.1 Å². The fourth-order valence-electron chi connectivity index (χ4n) is 4.10. The maximum absolute atomic E-state index is 12.8. The molecule has 2 N–H and O–H groups in total. The van der Waals surface area contributed by atoms with Crippen LogP contribution < -0.4 is 10.6 Å². The summed E-state index contributed by atoms with van der Waals surface area (Å²) in [5, 5.41) is 11.1. The standard InChI is InChI=1S/C19H20BrN5O2/c20-16-4-3-12-10-27-7-1-2-13-5-6-25(24-13)11-19-8-14(21-15(19)9-19)18(26)23-17(12)22-16/h1-6,14-15,21H,7-11H2,(H,22,23,26)/b2-1-/t14-,15+,19-/m0/s1. The van der Waals surface area contributed by atoms with Gasteiger partial charge in [-0.1, -0.05) is 12.1 Å². The Hall–Kier alpha value is -2.03. The van der Waals surface area contributed by atoms with E-state index in [9.17, 15) is 4.79 Å². The first kappa shape index (κ1) is 17.1. The van der Waals surface area contributed by atoms with Crippen molar-refractivity contribution in [3.63, 3.8) is 0 Å². The van der Waals surface area contributed by atoms with Crippen LogP contribution in [0.2, 0.25) is 0 Å². The molecule has 1 saturated carbocycles. The number of nitrogens with one attached hydrogen (secondary N) is 2. The minimum atomic E-state index is -0.207. The Balaban J connectivity index is 1.44. The zero-order valence-corrected chi connectivity index (χ0v) is 16.3. The number of piperidine rings is 1. The van der Waals surface area contributed by atoms with E-state index in [-0.39, 0.29) is 17.4 Å². The zero-order valence-electron chi connectivity index (χ0n) is 14.7. The molecule has 2 aromatic heterocycles. The second-order valence-corrected chi connectivity index (χ2v) is 8.34. The van der Waals surface area contributed by atoms with Crippen molar-refractivity contribution >= 4 is 33.7 Å². The summed E-state index contributed by atoms with van der Waals surface area (Å²) in [5.41, 5.74) is 1.91. The van der Waals surface area contributed by atoms with Gasteiger partial charge in [0.2, 0.25) is 5.91 Å². The summed E-state index contributed by atoms with van der Waals surface area (Å²) in [4.78, 5) is 17.3. The highest BCUT2D eigenvalue weighted by Crippen LogP contribution is 2.55. The monoisotopic (exact) mass is 429 g/mol. The fourth-order valence-corrected chi connectivity index (χ4v) is 4.41. The maximum Gasteiger partial charge on any atom is 0.242 e. The number of halogens is 1. The summed E-state index contributed by atoms with van der Waals surface area (Å²) >= 11 is 3.38. The van der Waals surface area contributed by atoms with Crippen LogP contribution in [0.3, 0.4) is 0 Å². The van der Waals surface area contributed by atoms with Crippen LogP contribution in [0.1, 0.15) is 24.1 Å². The molecule has 1 saturated heterocycles. The molecule has 1 amide bonds. The highest BCUT2D eigenvalue weighted by atomic mass is 79.9. The van der Waals surface area contributed by atoms with E-state index < -0.39 is 0 Å². The first-order valence-electron chi connectivity index (χ1n) is 9.11. The van der Waals surface area contributed by atoms with Gasteiger partial charge in [0.1, 0.15) is 10.4 Å². The van der Waals surface area contributed by atoms with Gasteiger partial charge in [0.25, 0.3) is 0 Å². The van der Waals surface area contributed by atoms with Crippen molar-refractivity contribution in [2.45, 2.75) is 38.1 Å². The molecule has 3 aliphatic rings. The number of hydrogen-bond donors (Lipinski definition) is 2. The number of anilines is 1. The summed E-state index contributed by atoms with van der Waals surface area (Å²) < 4.78 is 8.40. The molecular formula is C19H20BrN5O2.